The van der Waals surface area contributed by atoms with Crippen LogP contribution in [0.3, 0.4) is 0 Å². The van der Waals surface area contributed by atoms with Crippen molar-refractivity contribution in [3.05, 3.63) is 40.8 Å². The fourth-order valence-corrected chi connectivity index (χ4v) is 2.98. The van der Waals surface area contributed by atoms with E-state index in [1.54, 1.807) is 25.0 Å². The Morgan fingerprint density at radius 3 is 2.84 bits per heavy atom. The van der Waals surface area contributed by atoms with E-state index < -0.39 is 0 Å². The molecule has 0 saturated carbocycles. The van der Waals surface area contributed by atoms with Gasteiger partial charge in [0.05, 0.1) is 23.4 Å². The van der Waals surface area contributed by atoms with Crippen LogP contribution in [-0.2, 0) is 11.3 Å². The molecule has 8 heteroatoms. The first-order valence-electron chi connectivity index (χ1n) is 8.09. The minimum Gasteiger partial charge on any atom is -0.378 e. The lowest BCUT2D eigenvalue weighted by Gasteiger charge is -2.31. The zero-order valence-corrected chi connectivity index (χ0v) is 14.2. The standard InChI is InChI=1S/C17H19N5O3/c1-11-20-16(21-25-11)13-3-5-22(6-4-13)17(23)14-7-12(8-18)9-19-15(14)10-24-2/h7,9,13H,3-6,10H2,1-2H3. The van der Waals surface area contributed by atoms with Crippen LogP contribution in [0.1, 0.15) is 52.1 Å². The van der Waals surface area contributed by atoms with Crippen molar-refractivity contribution in [3.63, 3.8) is 0 Å². The van der Waals surface area contributed by atoms with E-state index in [9.17, 15) is 4.79 Å². The van der Waals surface area contributed by atoms with Crippen molar-refractivity contribution < 1.29 is 14.1 Å². The molecule has 1 fully saturated rings. The summed E-state index contributed by atoms with van der Waals surface area (Å²) >= 11 is 0. The SMILES string of the molecule is COCc1ncc(C#N)cc1C(=O)N1CCC(c2noc(C)n2)CC1. The first kappa shape index (κ1) is 17.0. The van der Waals surface area contributed by atoms with Crippen LogP contribution in [0.2, 0.25) is 0 Å². The van der Waals surface area contributed by atoms with Gasteiger partial charge in [-0.3, -0.25) is 9.78 Å². The van der Waals surface area contributed by atoms with Crippen molar-refractivity contribution in [2.75, 3.05) is 20.2 Å². The Bertz CT molecular complexity index is 803. The van der Waals surface area contributed by atoms with Gasteiger partial charge in [0.15, 0.2) is 5.82 Å². The Morgan fingerprint density at radius 1 is 1.48 bits per heavy atom. The van der Waals surface area contributed by atoms with Crippen molar-refractivity contribution in [3.8, 4) is 6.07 Å². The molecule has 2 aromatic rings. The van der Waals surface area contributed by atoms with Crippen LogP contribution in [0.15, 0.2) is 16.8 Å². The summed E-state index contributed by atoms with van der Waals surface area (Å²) in [5, 5.41) is 13.0. The van der Waals surface area contributed by atoms with Gasteiger partial charge in [-0.2, -0.15) is 10.2 Å². The number of rotatable bonds is 4. The second-order valence-electron chi connectivity index (χ2n) is 6.00. The molecule has 0 atom stereocenters. The summed E-state index contributed by atoms with van der Waals surface area (Å²) in [7, 11) is 1.55. The quantitative estimate of drug-likeness (QED) is 0.835. The molecular formula is C17H19N5O3. The molecule has 1 saturated heterocycles. The van der Waals surface area contributed by atoms with E-state index in [4.69, 9.17) is 14.5 Å². The number of pyridine rings is 1. The molecule has 3 rings (SSSR count). The maximum absolute atomic E-state index is 12.9. The first-order chi connectivity index (χ1) is 12.1. The fraction of sp³-hybridized carbons (Fsp3) is 0.471. The predicted molar refractivity (Wildman–Crippen MR) is 86.6 cm³/mol. The van der Waals surface area contributed by atoms with E-state index in [1.807, 2.05) is 6.07 Å². The number of hydrogen-bond acceptors (Lipinski definition) is 7. The third-order valence-electron chi connectivity index (χ3n) is 4.30. The highest BCUT2D eigenvalue weighted by molar-refractivity contribution is 5.95. The number of carbonyl (C=O) groups excluding carboxylic acids is 1. The van der Waals surface area contributed by atoms with E-state index in [1.165, 1.54) is 6.20 Å². The van der Waals surface area contributed by atoms with E-state index in [2.05, 4.69) is 15.1 Å². The normalized spacial score (nSPS) is 15.2. The van der Waals surface area contributed by atoms with E-state index in [0.717, 1.165) is 12.8 Å². The summed E-state index contributed by atoms with van der Waals surface area (Å²) in [6, 6.07) is 3.61. The van der Waals surface area contributed by atoms with E-state index in [-0.39, 0.29) is 18.4 Å². The molecule has 130 valence electrons. The zero-order chi connectivity index (χ0) is 17.8. The van der Waals surface area contributed by atoms with Gasteiger partial charge in [0.1, 0.15) is 6.07 Å². The minimum atomic E-state index is -0.126. The van der Waals surface area contributed by atoms with Crippen LogP contribution >= 0.6 is 0 Å². The van der Waals surface area contributed by atoms with Crippen LogP contribution in [-0.4, -0.2) is 46.1 Å². The monoisotopic (exact) mass is 341 g/mol. The lowest BCUT2D eigenvalue weighted by molar-refractivity contribution is 0.0704. The number of carbonyl (C=O) groups is 1. The Balaban J connectivity index is 1.73. The van der Waals surface area contributed by atoms with Crippen molar-refractivity contribution in [1.29, 1.82) is 5.26 Å². The number of ether oxygens (including phenoxy) is 1. The minimum absolute atomic E-state index is 0.126. The summed E-state index contributed by atoms with van der Waals surface area (Å²) in [4.78, 5) is 23.1. The van der Waals surface area contributed by atoms with Crippen LogP contribution in [0.5, 0.6) is 0 Å². The summed E-state index contributed by atoms with van der Waals surface area (Å²) in [6.07, 6.45) is 3.00. The molecule has 25 heavy (non-hydrogen) atoms. The molecule has 0 aliphatic carbocycles. The molecule has 0 radical (unpaired) electrons. The molecule has 3 heterocycles. The number of nitrogens with zero attached hydrogens (tertiary/aromatic N) is 5. The summed E-state index contributed by atoms with van der Waals surface area (Å²) in [6.45, 7) is 3.19. The molecule has 0 aromatic carbocycles. The predicted octanol–water partition coefficient (Wildman–Crippen LogP) is 1.81. The van der Waals surface area contributed by atoms with Gasteiger partial charge < -0.3 is 14.2 Å². The third-order valence-corrected chi connectivity index (χ3v) is 4.30. The highest BCUT2D eigenvalue weighted by atomic mass is 16.5. The first-order valence-corrected chi connectivity index (χ1v) is 8.09. The lowest BCUT2D eigenvalue weighted by atomic mass is 9.95. The zero-order valence-electron chi connectivity index (χ0n) is 14.2. The lowest BCUT2D eigenvalue weighted by Crippen LogP contribution is -2.38. The maximum atomic E-state index is 12.9. The summed E-state index contributed by atoms with van der Waals surface area (Å²) in [5.74, 6) is 1.33. The van der Waals surface area contributed by atoms with Gasteiger partial charge in [0.2, 0.25) is 5.89 Å². The van der Waals surface area contributed by atoms with Crippen LogP contribution in [0, 0.1) is 18.3 Å². The van der Waals surface area contributed by atoms with E-state index in [0.29, 0.717) is 41.6 Å². The molecule has 1 amide bonds. The second kappa shape index (κ2) is 7.40. The van der Waals surface area contributed by atoms with Crippen molar-refractivity contribution in [2.45, 2.75) is 32.3 Å². The Hall–Kier alpha value is -2.79. The van der Waals surface area contributed by atoms with Gasteiger partial charge in [-0.25, -0.2) is 0 Å². The fourth-order valence-electron chi connectivity index (χ4n) is 2.98. The number of amides is 1. The van der Waals surface area contributed by atoms with Gasteiger partial charge in [0.25, 0.3) is 5.91 Å². The number of nitriles is 1. The molecule has 0 N–H and O–H groups in total. The highest BCUT2D eigenvalue weighted by Gasteiger charge is 2.28. The van der Waals surface area contributed by atoms with Gasteiger partial charge in [0, 0.05) is 39.2 Å². The van der Waals surface area contributed by atoms with Crippen molar-refractivity contribution in [1.82, 2.24) is 20.0 Å². The summed E-state index contributed by atoms with van der Waals surface area (Å²) < 4.78 is 10.1. The second-order valence-corrected chi connectivity index (χ2v) is 6.00. The topological polar surface area (TPSA) is 105 Å². The molecule has 8 nitrogen and oxygen atoms in total. The van der Waals surface area contributed by atoms with Gasteiger partial charge in [-0.15, -0.1) is 0 Å². The smallest absolute Gasteiger partial charge is 0.255 e. The average molecular weight is 341 g/mol. The largest absolute Gasteiger partial charge is 0.378 e. The van der Waals surface area contributed by atoms with Crippen LogP contribution in [0.25, 0.3) is 0 Å². The number of likely N-dealkylation sites (tertiary alicyclic amines) is 1. The third kappa shape index (κ3) is 3.67. The number of aromatic nitrogens is 3. The highest BCUT2D eigenvalue weighted by Crippen LogP contribution is 2.27. The molecule has 0 bridgehead atoms. The molecule has 0 unspecified atom stereocenters. The number of methoxy groups -OCH3 is 1. The van der Waals surface area contributed by atoms with Gasteiger partial charge in [-0.1, -0.05) is 5.16 Å². The maximum Gasteiger partial charge on any atom is 0.255 e. The molecule has 0 spiro atoms. The van der Waals surface area contributed by atoms with Gasteiger partial charge >= 0.3 is 0 Å². The summed E-state index contributed by atoms with van der Waals surface area (Å²) in [5.41, 5.74) is 1.33. The van der Waals surface area contributed by atoms with Crippen molar-refractivity contribution >= 4 is 5.91 Å². The van der Waals surface area contributed by atoms with Crippen molar-refractivity contribution in [2.24, 2.45) is 0 Å². The molecule has 1 aliphatic heterocycles. The number of hydrogen-bond donors (Lipinski definition) is 0. The Labute approximate surface area is 145 Å². The Kier molecular flexibility index (Phi) is 5.05. The van der Waals surface area contributed by atoms with Crippen LogP contribution < -0.4 is 0 Å². The number of aryl methyl sites for hydroxylation is 1. The molecular weight excluding hydrogens is 322 g/mol. The average Bonchev–Trinajstić information content (AvgIpc) is 3.08. The number of piperidine rings is 1. The van der Waals surface area contributed by atoms with E-state index >= 15 is 0 Å². The molecule has 2 aromatic heterocycles. The Morgan fingerprint density at radius 2 is 2.24 bits per heavy atom. The molecule has 1 aliphatic rings. The van der Waals surface area contributed by atoms with Crippen LogP contribution in [0.4, 0.5) is 0 Å². The van der Waals surface area contributed by atoms with Gasteiger partial charge in [-0.05, 0) is 18.9 Å².